The monoisotopic (exact) mass is 464 g/mol. The molecule has 2 aromatic carbocycles. The van der Waals surface area contributed by atoms with Gasteiger partial charge in [0.25, 0.3) is 0 Å². The van der Waals surface area contributed by atoms with Gasteiger partial charge in [0.15, 0.2) is 11.5 Å². The first-order valence-corrected chi connectivity index (χ1v) is 10.6. The number of carbonyl (C=O) groups is 1. The summed E-state index contributed by atoms with van der Waals surface area (Å²) in [4.78, 5) is 13.6. The fraction of sp³-hybridized carbons (Fsp3) is 0.409. The largest absolute Gasteiger partial charge is 0.493 e. The van der Waals surface area contributed by atoms with E-state index in [4.69, 9.17) is 9.47 Å². The van der Waals surface area contributed by atoms with Gasteiger partial charge in [-0.05, 0) is 43.1 Å². The number of nitrogens with one attached hydrogen (secondary N) is 1. The van der Waals surface area contributed by atoms with Gasteiger partial charge in [-0.25, -0.2) is 4.39 Å². The number of amides is 1. The molecule has 1 aliphatic rings. The summed E-state index contributed by atoms with van der Waals surface area (Å²) < 4.78 is 25.9. The van der Waals surface area contributed by atoms with Crippen LogP contribution < -0.4 is 14.8 Å². The van der Waals surface area contributed by atoms with E-state index in [2.05, 4.69) is 21.2 Å². The minimum Gasteiger partial charge on any atom is -0.493 e. The molecule has 1 N–H and O–H groups in total. The van der Waals surface area contributed by atoms with E-state index in [0.717, 1.165) is 42.5 Å². The third kappa shape index (κ3) is 5.93. The number of hydrogen-bond acceptors (Lipinski definition) is 4. The Morgan fingerprint density at radius 2 is 2.03 bits per heavy atom. The SMILES string of the molecule is COc1cc(CNCCCN2CCCC2=O)c(Br)cc1OCc1ccccc1F. The Hall–Kier alpha value is -2.12. The molecule has 0 saturated carbocycles. The van der Waals surface area contributed by atoms with Crippen molar-refractivity contribution in [3.05, 3.63) is 57.8 Å². The van der Waals surface area contributed by atoms with Crippen LogP contribution in [0.3, 0.4) is 0 Å². The number of hydrogen-bond donors (Lipinski definition) is 1. The van der Waals surface area contributed by atoms with Crippen molar-refractivity contribution in [2.45, 2.75) is 32.4 Å². The van der Waals surface area contributed by atoms with E-state index in [1.165, 1.54) is 6.07 Å². The second kappa shape index (κ2) is 10.6. The zero-order valence-electron chi connectivity index (χ0n) is 16.5. The van der Waals surface area contributed by atoms with Gasteiger partial charge < -0.3 is 19.7 Å². The second-order valence-electron chi connectivity index (χ2n) is 6.99. The number of ether oxygens (including phenoxy) is 2. The van der Waals surface area contributed by atoms with E-state index in [9.17, 15) is 9.18 Å². The molecule has 7 heteroatoms. The van der Waals surface area contributed by atoms with Crippen LogP contribution in [0.25, 0.3) is 0 Å². The molecule has 0 unspecified atom stereocenters. The van der Waals surface area contributed by atoms with Crippen LogP contribution in [0.1, 0.15) is 30.4 Å². The molecular formula is C22H26BrFN2O3. The number of nitrogens with zero attached hydrogens (tertiary/aromatic N) is 1. The first kappa shape index (κ1) is 21.6. The van der Waals surface area contributed by atoms with Crippen LogP contribution in [0, 0.1) is 5.82 Å². The molecule has 156 valence electrons. The summed E-state index contributed by atoms with van der Waals surface area (Å²) in [6, 6.07) is 10.3. The molecule has 3 rings (SSSR count). The summed E-state index contributed by atoms with van der Waals surface area (Å²) in [5.41, 5.74) is 1.53. The summed E-state index contributed by atoms with van der Waals surface area (Å²) in [5.74, 6) is 1.13. The molecule has 0 spiro atoms. The lowest BCUT2D eigenvalue weighted by Crippen LogP contribution is -2.28. The maximum Gasteiger partial charge on any atom is 0.222 e. The topological polar surface area (TPSA) is 50.8 Å². The van der Waals surface area contributed by atoms with E-state index in [-0.39, 0.29) is 18.3 Å². The minimum absolute atomic E-state index is 0.127. The number of halogens is 2. The molecule has 0 aliphatic carbocycles. The van der Waals surface area contributed by atoms with Crippen molar-refractivity contribution in [1.29, 1.82) is 0 Å². The van der Waals surface area contributed by atoms with E-state index in [1.807, 2.05) is 17.0 Å². The van der Waals surface area contributed by atoms with Crippen LogP contribution in [0.5, 0.6) is 11.5 Å². The summed E-state index contributed by atoms with van der Waals surface area (Å²) in [5, 5.41) is 3.40. The van der Waals surface area contributed by atoms with Gasteiger partial charge >= 0.3 is 0 Å². The van der Waals surface area contributed by atoms with Gasteiger partial charge in [0.05, 0.1) is 7.11 Å². The Kier molecular flexibility index (Phi) is 7.89. The Balaban J connectivity index is 1.52. The van der Waals surface area contributed by atoms with E-state index in [0.29, 0.717) is 30.0 Å². The van der Waals surface area contributed by atoms with Gasteiger partial charge in [-0.3, -0.25) is 4.79 Å². The molecule has 1 heterocycles. The Labute approximate surface area is 179 Å². The smallest absolute Gasteiger partial charge is 0.222 e. The number of methoxy groups -OCH3 is 1. The third-order valence-electron chi connectivity index (χ3n) is 4.94. The van der Waals surface area contributed by atoms with E-state index in [1.54, 1.807) is 25.3 Å². The van der Waals surface area contributed by atoms with Gasteiger partial charge in [-0.1, -0.05) is 34.1 Å². The van der Waals surface area contributed by atoms with Crippen molar-refractivity contribution in [2.75, 3.05) is 26.7 Å². The Morgan fingerprint density at radius 3 is 2.76 bits per heavy atom. The second-order valence-corrected chi connectivity index (χ2v) is 7.84. The highest BCUT2D eigenvalue weighted by Gasteiger charge is 2.19. The molecule has 1 amide bonds. The summed E-state index contributed by atoms with van der Waals surface area (Å²) in [6.45, 7) is 3.31. The summed E-state index contributed by atoms with van der Waals surface area (Å²) in [7, 11) is 1.59. The van der Waals surface area contributed by atoms with Crippen LogP contribution in [-0.4, -0.2) is 37.6 Å². The van der Waals surface area contributed by atoms with Crippen LogP contribution >= 0.6 is 15.9 Å². The molecule has 2 aromatic rings. The predicted octanol–water partition coefficient (Wildman–Crippen LogP) is 4.28. The molecular weight excluding hydrogens is 439 g/mol. The molecule has 1 aliphatic heterocycles. The van der Waals surface area contributed by atoms with Crippen molar-refractivity contribution in [1.82, 2.24) is 10.2 Å². The lowest BCUT2D eigenvalue weighted by atomic mass is 10.2. The average molecular weight is 465 g/mol. The van der Waals surface area contributed by atoms with Crippen molar-refractivity contribution in [2.24, 2.45) is 0 Å². The van der Waals surface area contributed by atoms with E-state index < -0.39 is 0 Å². The quantitative estimate of drug-likeness (QED) is 0.533. The summed E-state index contributed by atoms with van der Waals surface area (Å²) in [6.07, 6.45) is 2.58. The van der Waals surface area contributed by atoms with Gasteiger partial charge in [0, 0.05) is 36.1 Å². The van der Waals surface area contributed by atoms with Crippen LogP contribution in [0.2, 0.25) is 0 Å². The third-order valence-corrected chi connectivity index (χ3v) is 5.68. The molecule has 29 heavy (non-hydrogen) atoms. The predicted molar refractivity (Wildman–Crippen MR) is 114 cm³/mol. The van der Waals surface area contributed by atoms with Crippen LogP contribution in [0.15, 0.2) is 40.9 Å². The van der Waals surface area contributed by atoms with Crippen molar-refractivity contribution in [3.8, 4) is 11.5 Å². The molecule has 0 radical (unpaired) electrons. The lowest BCUT2D eigenvalue weighted by Gasteiger charge is -2.16. The maximum atomic E-state index is 13.8. The highest BCUT2D eigenvalue weighted by molar-refractivity contribution is 9.10. The van der Waals surface area contributed by atoms with Gasteiger partial charge in [0.2, 0.25) is 5.91 Å². The van der Waals surface area contributed by atoms with Gasteiger partial charge in [-0.15, -0.1) is 0 Å². The molecule has 1 fully saturated rings. The lowest BCUT2D eigenvalue weighted by molar-refractivity contribution is -0.127. The number of benzene rings is 2. The first-order chi connectivity index (χ1) is 14.1. The molecule has 1 saturated heterocycles. The zero-order valence-corrected chi connectivity index (χ0v) is 18.1. The first-order valence-electron chi connectivity index (χ1n) is 9.79. The fourth-order valence-corrected chi connectivity index (χ4v) is 3.78. The fourth-order valence-electron chi connectivity index (χ4n) is 3.31. The van der Waals surface area contributed by atoms with Crippen LogP contribution in [0.4, 0.5) is 4.39 Å². The van der Waals surface area contributed by atoms with Gasteiger partial charge in [-0.2, -0.15) is 0 Å². The Morgan fingerprint density at radius 1 is 1.21 bits per heavy atom. The molecule has 0 aromatic heterocycles. The Bertz CT molecular complexity index is 847. The zero-order chi connectivity index (χ0) is 20.6. The van der Waals surface area contributed by atoms with Crippen LogP contribution in [-0.2, 0) is 17.9 Å². The number of likely N-dealkylation sites (tertiary alicyclic amines) is 1. The maximum absolute atomic E-state index is 13.8. The average Bonchev–Trinajstić information content (AvgIpc) is 3.13. The summed E-state index contributed by atoms with van der Waals surface area (Å²) >= 11 is 3.58. The van der Waals surface area contributed by atoms with Crippen molar-refractivity contribution < 1.29 is 18.7 Å². The highest BCUT2D eigenvalue weighted by Crippen LogP contribution is 2.34. The van der Waals surface area contributed by atoms with Gasteiger partial charge in [0.1, 0.15) is 12.4 Å². The van der Waals surface area contributed by atoms with E-state index >= 15 is 0 Å². The number of carbonyl (C=O) groups excluding carboxylic acids is 1. The number of rotatable bonds is 10. The minimum atomic E-state index is -0.290. The molecule has 0 bridgehead atoms. The normalized spacial score (nSPS) is 13.8. The highest BCUT2D eigenvalue weighted by atomic mass is 79.9. The van der Waals surface area contributed by atoms with Crippen molar-refractivity contribution in [3.63, 3.8) is 0 Å². The standard InChI is InChI=1S/C22H26BrFN2O3/c1-28-20-12-17(14-25-9-5-11-26-10-4-8-22(26)27)18(23)13-21(20)29-15-16-6-2-3-7-19(16)24/h2-3,6-7,12-13,25H,4-5,8-11,14-15H2,1H3. The molecule has 5 nitrogen and oxygen atoms in total. The van der Waals surface area contributed by atoms with Crippen molar-refractivity contribution >= 4 is 21.8 Å². The molecule has 0 atom stereocenters.